The largest absolute Gasteiger partial charge is 0.363 e. The Morgan fingerprint density at radius 2 is 2.11 bits per heavy atom. The Labute approximate surface area is 114 Å². The first kappa shape index (κ1) is 15.4. The van der Waals surface area contributed by atoms with Gasteiger partial charge in [0.05, 0.1) is 12.2 Å². The lowest BCUT2D eigenvalue weighted by atomic mass is 10.1. The lowest BCUT2D eigenvalue weighted by Gasteiger charge is -2.23. The topological polar surface area (TPSA) is 44.4 Å². The van der Waals surface area contributed by atoms with Gasteiger partial charge in [-0.15, -0.1) is 0 Å². The van der Waals surface area contributed by atoms with Crippen molar-refractivity contribution in [3.8, 4) is 0 Å². The molecule has 0 aliphatic heterocycles. The number of hydrogen-bond donors (Lipinski definition) is 2. The second-order valence-electron chi connectivity index (χ2n) is 4.81. The molecule has 0 saturated carbocycles. The van der Waals surface area contributed by atoms with E-state index in [4.69, 9.17) is 0 Å². The fourth-order valence-corrected chi connectivity index (χ4v) is 1.82. The number of carbonyl (C=O) groups excluding carboxylic acids is 1. The Kier molecular flexibility index (Phi) is 5.76. The fraction of sp³-hybridized carbons (Fsp3) is 0.500. The predicted octanol–water partition coefficient (Wildman–Crippen LogP) is 1.51. The fourth-order valence-electron chi connectivity index (χ4n) is 1.82. The first-order chi connectivity index (χ1) is 8.95. The van der Waals surface area contributed by atoms with Crippen LogP contribution in [0.15, 0.2) is 18.2 Å². The van der Waals surface area contributed by atoms with Crippen molar-refractivity contribution >= 4 is 11.6 Å². The number of carbonyl (C=O) groups is 1. The third kappa shape index (κ3) is 4.52. The van der Waals surface area contributed by atoms with E-state index in [1.807, 2.05) is 19.9 Å². The van der Waals surface area contributed by atoms with Gasteiger partial charge >= 0.3 is 0 Å². The van der Waals surface area contributed by atoms with Crippen molar-refractivity contribution in [2.24, 2.45) is 0 Å². The van der Waals surface area contributed by atoms with Gasteiger partial charge in [-0.05, 0) is 11.6 Å². The van der Waals surface area contributed by atoms with Crippen LogP contribution in [0.2, 0.25) is 0 Å². The van der Waals surface area contributed by atoms with E-state index in [-0.39, 0.29) is 18.3 Å². The van der Waals surface area contributed by atoms with E-state index in [0.29, 0.717) is 18.3 Å². The summed E-state index contributed by atoms with van der Waals surface area (Å²) in [4.78, 5) is 13.0. The molecule has 0 aliphatic rings. The summed E-state index contributed by atoms with van der Waals surface area (Å²) in [5.41, 5.74) is 1.32. The first-order valence-electron chi connectivity index (χ1n) is 6.38. The van der Waals surface area contributed by atoms with Crippen LogP contribution in [0.5, 0.6) is 0 Å². The van der Waals surface area contributed by atoms with Crippen LogP contribution in [0.4, 0.5) is 10.1 Å². The molecule has 5 heteroatoms. The highest BCUT2D eigenvalue weighted by molar-refractivity contribution is 5.81. The third-order valence-corrected chi connectivity index (χ3v) is 2.81. The summed E-state index contributed by atoms with van der Waals surface area (Å²) in [5.74, 6) is -0.456. The Hall–Kier alpha value is -1.62. The molecule has 0 bridgehead atoms. The Morgan fingerprint density at radius 1 is 1.42 bits per heavy atom. The van der Waals surface area contributed by atoms with Crippen molar-refractivity contribution in [2.45, 2.75) is 26.4 Å². The molecule has 19 heavy (non-hydrogen) atoms. The molecule has 0 fully saturated rings. The zero-order chi connectivity index (χ0) is 14.4. The molecule has 106 valence electrons. The number of amides is 1. The molecular formula is C14H22FN3O. The third-order valence-electron chi connectivity index (χ3n) is 2.81. The van der Waals surface area contributed by atoms with Crippen LogP contribution in [0.1, 0.15) is 19.4 Å². The average Bonchev–Trinajstić information content (AvgIpc) is 2.35. The van der Waals surface area contributed by atoms with Crippen LogP contribution >= 0.6 is 0 Å². The van der Waals surface area contributed by atoms with Gasteiger partial charge < -0.3 is 15.5 Å². The summed E-state index contributed by atoms with van der Waals surface area (Å²) in [7, 11) is 3.28. The molecule has 1 amide bonds. The van der Waals surface area contributed by atoms with Crippen LogP contribution < -0.4 is 15.5 Å². The van der Waals surface area contributed by atoms with Crippen molar-refractivity contribution in [1.29, 1.82) is 0 Å². The number of para-hydroxylation sites is 1. The molecule has 0 heterocycles. The Balaban J connectivity index is 2.93. The molecule has 0 aliphatic carbocycles. The molecule has 0 radical (unpaired) electrons. The summed E-state index contributed by atoms with van der Waals surface area (Å²) in [6.45, 7) is 4.77. The van der Waals surface area contributed by atoms with Gasteiger partial charge in [-0.1, -0.05) is 26.0 Å². The standard InChI is InChI=1S/C14H22FN3O/c1-10(2)17-8-11-6-5-7-12(15)14(11)18(4)9-13(19)16-3/h5-7,10,17H,8-9H2,1-4H3,(H,16,19). The van der Waals surface area contributed by atoms with E-state index in [2.05, 4.69) is 10.6 Å². The SMILES string of the molecule is CNC(=O)CN(C)c1c(F)cccc1CNC(C)C. The maximum Gasteiger partial charge on any atom is 0.239 e. The molecule has 4 nitrogen and oxygen atoms in total. The van der Waals surface area contributed by atoms with Gasteiger partial charge in [0.15, 0.2) is 0 Å². The first-order valence-corrected chi connectivity index (χ1v) is 6.38. The lowest BCUT2D eigenvalue weighted by Crippen LogP contribution is -2.34. The zero-order valence-corrected chi connectivity index (χ0v) is 12.0. The minimum absolute atomic E-state index is 0.131. The number of benzene rings is 1. The number of likely N-dealkylation sites (N-methyl/N-ethyl adjacent to an activating group) is 2. The summed E-state index contributed by atoms with van der Waals surface area (Å²) in [5, 5.41) is 5.79. The normalized spacial score (nSPS) is 10.6. The Bertz CT molecular complexity index is 435. The minimum atomic E-state index is -0.311. The van der Waals surface area contributed by atoms with Gasteiger partial charge in [0.25, 0.3) is 0 Å². The lowest BCUT2D eigenvalue weighted by molar-refractivity contribution is -0.119. The number of nitrogens with one attached hydrogen (secondary N) is 2. The highest BCUT2D eigenvalue weighted by Gasteiger charge is 2.15. The van der Waals surface area contributed by atoms with Gasteiger partial charge in [-0.25, -0.2) is 4.39 Å². The van der Waals surface area contributed by atoms with E-state index in [1.165, 1.54) is 6.07 Å². The van der Waals surface area contributed by atoms with Crippen LogP contribution in [0.25, 0.3) is 0 Å². The summed E-state index contributed by atoms with van der Waals surface area (Å²) in [6.07, 6.45) is 0. The highest BCUT2D eigenvalue weighted by atomic mass is 19.1. The second kappa shape index (κ2) is 7.09. The van der Waals surface area contributed by atoms with E-state index in [0.717, 1.165) is 5.56 Å². The summed E-state index contributed by atoms with van der Waals surface area (Å²) >= 11 is 0. The quantitative estimate of drug-likeness (QED) is 0.821. The molecule has 0 saturated heterocycles. The van der Waals surface area contributed by atoms with Crippen molar-refractivity contribution in [3.63, 3.8) is 0 Å². The van der Waals surface area contributed by atoms with E-state index >= 15 is 0 Å². The second-order valence-corrected chi connectivity index (χ2v) is 4.81. The summed E-state index contributed by atoms with van der Waals surface area (Å²) in [6, 6.07) is 5.28. The molecule has 0 aromatic heterocycles. The van der Waals surface area contributed by atoms with Gasteiger partial charge in [0, 0.05) is 26.7 Å². The van der Waals surface area contributed by atoms with Crippen molar-refractivity contribution in [3.05, 3.63) is 29.6 Å². The van der Waals surface area contributed by atoms with Crippen LogP contribution in [0, 0.1) is 5.82 Å². The molecule has 0 unspecified atom stereocenters. The summed E-state index contributed by atoms with van der Waals surface area (Å²) < 4.78 is 14.0. The van der Waals surface area contributed by atoms with Crippen molar-refractivity contribution in [2.75, 3.05) is 25.5 Å². The molecule has 1 rings (SSSR count). The van der Waals surface area contributed by atoms with Crippen LogP contribution in [-0.4, -0.2) is 32.6 Å². The molecule has 0 atom stereocenters. The van der Waals surface area contributed by atoms with E-state index in [9.17, 15) is 9.18 Å². The number of nitrogens with zero attached hydrogens (tertiary/aromatic N) is 1. The molecule has 1 aromatic carbocycles. The Morgan fingerprint density at radius 3 is 2.68 bits per heavy atom. The van der Waals surface area contributed by atoms with Gasteiger partial charge in [0.2, 0.25) is 5.91 Å². The van der Waals surface area contributed by atoms with Gasteiger partial charge in [-0.3, -0.25) is 4.79 Å². The van der Waals surface area contributed by atoms with Crippen LogP contribution in [-0.2, 0) is 11.3 Å². The predicted molar refractivity (Wildman–Crippen MR) is 75.7 cm³/mol. The maximum atomic E-state index is 14.0. The van der Waals surface area contributed by atoms with E-state index < -0.39 is 0 Å². The van der Waals surface area contributed by atoms with E-state index in [1.54, 1.807) is 25.1 Å². The molecule has 0 spiro atoms. The zero-order valence-electron chi connectivity index (χ0n) is 12.0. The van der Waals surface area contributed by atoms with Crippen molar-refractivity contribution < 1.29 is 9.18 Å². The number of hydrogen-bond acceptors (Lipinski definition) is 3. The van der Waals surface area contributed by atoms with Gasteiger partial charge in [-0.2, -0.15) is 0 Å². The minimum Gasteiger partial charge on any atom is -0.363 e. The number of anilines is 1. The molecule has 2 N–H and O–H groups in total. The average molecular weight is 267 g/mol. The monoisotopic (exact) mass is 267 g/mol. The van der Waals surface area contributed by atoms with Gasteiger partial charge in [0.1, 0.15) is 5.82 Å². The maximum absolute atomic E-state index is 14.0. The number of rotatable bonds is 6. The van der Waals surface area contributed by atoms with Crippen LogP contribution in [0.3, 0.4) is 0 Å². The molecule has 1 aromatic rings. The smallest absolute Gasteiger partial charge is 0.239 e. The number of halogens is 1. The van der Waals surface area contributed by atoms with Crippen molar-refractivity contribution in [1.82, 2.24) is 10.6 Å². The highest BCUT2D eigenvalue weighted by Crippen LogP contribution is 2.23. The molecular weight excluding hydrogens is 245 g/mol.